The molecule has 23 heavy (non-hydrogen) atoms. The van der Waals surface area contributed by atoms with E-state index in [0.29, 0.717) is 19.6 Å². The molecule has 0 aromatic heterocycles. The molecule has 0 saturated carbocycles. The lowest BCUT2D eigenvalue weighted by atomic mass is 10.2. The third-order valence-electron chi connectivity index (χ3n) is 4.28. The number of carbonyl (C=O) groups is 2. The first-order valence-corrected chi connectivity index (χ1v) is 8.06. The minimum absolute atomic E-state index is 0.00443. The summed E-state index contributed by atoms with van der Waals surface area (Å²) in [5.74, 6) is -0.00443. The van der Waals surface area contributed by atoms with E-state index in [1.165, 1.54) is 0 Å². The average molecular weight is 318 g/mol. The lowest BCUT2D eigenvalue weighted by molar-refractivity contribution is -0.137. The maximum Gasteiger partial charge on any atom is 0.318 e. The number of benzene rings is 1. The molecule has 1 aliphatic rings. The molecular weight excluding hydrogens is 292 g/mol. The third-order valence-corrected chi connectivity index (χ3v) is 4.28. The van der Waals surface area contributed by atoms with Gasteiger partial charge in [-0.25, -0.2) is 4.79 Å². The number of amides is 3. The highest BCUT2D eigenvalue weighted by molar-refractivity contribution is 5.87. The van der Waals surface area contributed by atoms with Crippen LogP contribution in [-0.4, -0.2) is 68.1 Å². The number of anilines is 1. The Morgan fingerprint density at radius 3 is 2.70 bits per heavy atom. The van der Waals surface area contributed by atoms with Crippen LogP contribution in [0.3, 0.4) is 0 Å². The first kappa shape index (κ1) is 17.1. The van der Waals surface area contributed by atoms with Crippen LogP contribution in [0.5, 0.6) is 0 Å². The maximum atomic E-state index is 12.2. The molecule has 1 aromatic carbocycles. The number of nitrogens with one attached hydrogen (secondary N) is 1. The molecule has 0 radical (unpaired) electrons. The predicted octanol–water partition coefficient (Wildman–Crippen LogP) is 1.39. The number of hydrogen-bond donors (Lipinski definition) is 1. The molecule has 1 aliphatic heterocycles. The van der Waals surface area contributed by atoms with Crippen molar-refractivity contribution in [3.63, 3.8) is 0 Å². The number of carbonyl (C=O) groups excluding carboxylic acids is 2. The molecule has 0 spiro atoms. The number of hydrogen-bond acceptors (Lipinski definition) is 3. The van der Waals surface area contributed by atoms with Gasteiger partial charge in [0.2, 0.25) is 5.91 Å². The van der Waals surface area contributed by atoms with Gasteiger partial charge >= 0.3 is 6.03 Å². The number of piperazine rings is 1. The van der Waals surface area contributed by atoms with Crippen LogP contribution in [0.1, 0.15) is 13.3 Å². The van der Waals surface area contributed by atoms with Crippen LogP contribution in [0.25, 0.3) is 0 Å². The Hall–Kier alpha value is -2.24. The van der Waals surface area contributed by atoms with Crippen LogP contribution in [0.4, 0.5) is 10.5 Å². The number of likely N-dealkylation sites (N-methyl/N-ethyl adjacent to an activating group) is 1. The predicted molar refractivity (Wildman–Crippen MR) is 91.5 cm³/mol. The molecule has 6 heteroatoms. The van der Waals surface area contributed by atoms with Gasteiger partial charge in [0, 0.05) is 46.0 Å². The van der Waals surface area contributed by atoms with Crippen molar-refractivity contribution < 1.29 is 9.59 Å². The molecule has 0 aliphatic carbocycles. The molecule has 1 fully saturated rings. The third kappa shape index (κ3) is 4.37. The summed E-state index contributed by atoms with van der Waals surface area (Å²) in [5, 5.41) is 2.91. The highest BCUT2D eigenvalue weighted by Gasteiger charge is 2.32. The molecule has 1 saturated heterocycles. The van der Waals surface area contributed by atoms with Crippen molar-refractivity contribution in [3.8, 4) is 0 Å². The SMILES string of the molecule is C[C@@H]1C(=O)N(C)CCN1C(=O)NCCCN(C)c1ccccc1. The molecular formula is C17H26N4O2. The Balaban J connectivity index is 1.72. The van der Waals surface area contributed by atoms with Crippen LogP contribution in [-0.2, 0) is 4.79 Å². The van der Waals surface area contributed by atoms with Gasteiger partial charge in [0.05, 0.1) is 0 Å². The Labute approximate surface area is 138 Å². The zero-order chi connectivity index (χ0) is 16.8. The van der Waals surface area contributed by atoms with Gasteiger partial charge < -0.3 is 20.0 Å². The van der Waals surface area contributed by atoms with Gasteiger partial charge in [-0.3, -0.25) is 4.79 Å². The van der Waals surface area contributed by atoms with E-state index in [0.717, 1.165) is 18.7 Å². The molecule has 1 heterocycles. The summed E-state index contributed by atoms with van der Waals surface area (Å²) < 4.78 is 0. The van der Waals surface area contributed by atoms with Crippen LogP contribution in [0.15, 0.2) is 30.3 Å². The van der Waals surface area contributed by atoms with E-state index in [-0.39, 0.29) is 18.0 Å². The van der Waals surface area contributed by atoms with Gasteiger partial charge in [0.15, 0.2) is 0 Å². The monoisotopic (exact) mass is 318 g/mol. The highest BCUT2D eigenvalue weighted by Crippen LogP contribution is 2.11. The quantitative estimate of drug-likeness (QED) is 0.835. The topological polar surface area (TPSA) is 55.9 Å². The normalized spacial score (nSPS) is 18.0. The van der Waals surface area contributed by atoms with Crippen molar-refractivity contribution in [1.29, 1.82) is 0 Å². The van der Waals surface area contributed by atoms with Gasteiger partial charge in [-0.05, 0) is 25.5 Å². The molecule has 0 unspecified atom stereocenters. The Bertz CT molecular complexity index is 535. The zero-order valence-corrected chi connectivity index (χ0v) is 14.2. The summed E-state index contributed by atoms with van der Waals surface area (Å²) in [6, 6.07) is 9.61. The minimum Gasteiger partial charge on any atom is -0.375 e. The lowest BCUT2D eigenvalue weighted by Crippen LogP contribution is -2.58. The van der Waals surface area contributed by atoms with Crippen LogP contribution >= 0.6 is 0 Å². The zero-order valence-electron chi connectivity index (χ0n) is 14.2. The number of para-hydroxylation sites is 1. The molecule has 2 rings (SSSR count). The fourth-order valence-corrected chi connectivity index (χ4v) is 2.72. The van der Waals surface area contributed by atoms with Crippen molar-refractivity contribution in [3.05, 3.63) is 30.3 Å². The van der Waals surface area contributed by atoms with Crippen LogP contribution in [0.2, 0.25) is 0 Å². The van der Waals surface area contributed by atoms with Crippen molar-refractivity contribution >= 4 is 17.6 Å². The summed E-state index contributed by atoms with van der Waals surface area (Å²) in [4.78, 5) is 29.6. The van der Waals surface area contributed by atoms with Gasteiger partial charge in [0.25, 0.3) is 0 Å². The first-order valence-electron chi connectivity index (χ1n) is 8.06. The highest BCUT2D eigenvalue weighted by atomic mass is 16.2. The Kier molecular flexibility index (Phi) is 5.84. The van der Waals surface area contributed by atoms with E-state index in [1.54, 1.807) is 23.8 Å². The summed E-state index contributed by atoms with van der Waals surface area (Å²) in [5.41, 5.74) is 1.16. The molecule has 3 amide bonds. The lowest BCUT2D eigenvalue weighted by Gasteiger charge is -2.37. The average Bonchev–Trinajstić information content (AvgIpc) is 2.57. The van der Waals surface area contributed by atoms with Crippen molar-refractivity contribution in [2.24, 2.45) is 0 Å². The maximum absolute atomic E-state index is 12.2. The molecule has 1 atom stereocenters. The number of nitrogens with zero attached hydrogens (tertiary/aromatic N) is 3. The van der Waals surface area contributed by atoms with Crippen LogP contribution < -0.4 is 10.2 Å². The van der Waals surface area contributed by atoms with E-state index in [9.17, 15) is 9.59 Å². The summed E-state index contributed by atoms with van der Waals surface area (Å²) in [6.45, 7) is 4.41. The van der Waals surface area contributed by atoms with Gasteiger partial charge in [-0.15, -0.1) is 0 Å². The second-order valence-corrected chi connectivity index (χ2v) is 5.97. The van der Waals surface area contributed by atoms with E-state index < -0.39 is 0 Å². The number of urea groups is 1. The molecule has 126 valence electrons. The molecule has 1 aromatic rings. The van der Waals surface area contributed by atoms with Gasteiger partial charge in [0.1, 0.15) is 6.04 Å². The van der Waals surface area contributed by atoms with Crippen LogP contribution in [0, 0.1) is 0 Å². The van der Waals surface area contributed by atoms with E-state index in [1.807, 2.05) is 25.2 Å². The molecule has 1 N–H and O–H groups in total. The van der Waals surface area contributed by atoms with E-state index in [2.05, 4.69) is 22.3 Å². The minimum atomic E-state index is -0.388. The molecule has 6 nitrogen and oxygen atoms in total. The smallest absolute Gasteiger partial charge is 0.318 e. The second-order valence-electron chi connectivity index (χ2n) is 5.97. The number of rotatable bonds is 5. The fraction of sp³-hybridized carbons (Fsp3) is 0.529. The first-order chi connectivity index (χ1) is 11.0. The summed E-state index contributed by atoms with van der Waals surface area (Å²) >= 11 is 0. The van der Waals surface area contributed by atoms with Crippen molar-refractivity contribution in [2.45, 2.75) is 19.4 Å². The Morgan fingerprint density at radius 1 is 1.30 bits per heavy atom. The van der Waals surface area contributed by atoms with Gasteiger partial charge in [-0.2, -0.15) is 0 Å². The Morgan fingerprint density at radius 2 is 2.00 bits per heavy atom. The largest absolute Gasteiger partial charge is 0.375 e. The van der Waals surface area contributed by atoms with E-state index in [4.69, 9.17) is 0 Å². The summed E-state index contributed by atoms with van der Waals surface area (Å²) in [6.07, 6.45) is 0.854. The standard InChI is InChI=1S/C17H26N4O2/c1-14-16(22)20(3)12-13-21(14)17(23)18-10-7-11-19(2)15-8-5-4-6-9-15/h4-6,8-9,14H,7,10-13H2,1-3H3,(H,18,23)/t14-/m1/s1. The summed E-state index contributed by atoms with van der Waals surface area (Å²) in [7, 11) is 3.81. The molecule has 0 bridgehead atoms. The van der Waals surface area contributed by atoms with E-state index >= 15 is 0 Å². The van der Waals surface area contributed by atoms with Gasteiger partial charge in [-0.1, -0.05) is 18.2 Å². The fourth-order valence-electron chi connectivity index (χ4n) is 2.72. The second kappa shape index (κ2) is 7.85. The van der Waals surface area contributed by atoms with Crippen molar-refractivity contribution in [2.75, 3.05) is 45.2 Å². The van der Waals surface area contributed by atoms with Crippen molar-refractivity contribution in [1.82, 2.24) is 15.1 Å².